The van der Waals surface area contributed by atoms with E-state index in [1.54, 1.807) is 48.4 Å². The molecular weight excluding hydrogens is 422 g/mol. The summed E-state index contributed by atoms with van der Waals surface area (Å²) in [4.78, 5) is 26.5. The van der Waals surface area contributed by atoms with Crippen LogP contribution in [0, 0.1) is 5.92 Å². The predicted octanol–water partition coefficient (Wildman–Crippen LogP) is 4.31. The van der Waals surface area contributed by atoms with Gasteiger partial charge in [0.1, 0.15) is 23.7 Å². The van der Waals surface area contributed by atoms with Crippen molar-refractivity contribution in [3.8, 4) is 11.5 Å². The molecule has 0 saturated heterocycles. The summed E-state index contributed by atoms with van der Waals surface area (Å²) in [6, 6.07) is 10.5. The van der Waals surface area contributed by atoms with Crippen LogP contribution in [-0.4, -0.2) is 43.9 Å². The van der Waals surface area contributed by atoms with Gasteiger partial charge >= 0.3 is 5.97 Å². The van der Waals surface area contributed by atoms with E-state index in [4.69, 9.17) is 25.8 Å². The van der Waals surface area contributed by atoms with Crippen LogP contribution in [0.2, 0.25) is 5.02 Å². The van der Waals surface area contributed by atoms with E-state index in [1.807, 2.05) is 13.8 Å². The fraction of sp³-hybridized carbons (Fsp3) is 0.391. The molecule has 2 aromatic rings. The van der Waals surface area contributed by atoms with E-state index >= 15 is 0 Å². The van der Waals surface area contributed by atoms with Crippen molar-refractivity contribution in [2.75, 3.05) is 25.7 Å². The largest absolute Gasteiger partial charge is 0.497 e. The number of carboxylic acid groups (broad SMARTS) is 1. The zero-order valence-electron chi connectivity index (χ0n) is 17.9. The fourth-order valence-corrected chi connectivity index (χ4v) is 3.87. The van der Waals surface area contributed by atoms with Crippen LogP contribution in [0.3, 0.4) is 0 Å². The standard InChI is InChI=1S/C23H26ClNO6/c1-13(2)12-25-18-8-5-14(24)9-17(18)22(31-20(23(25)28)11-21(26)27)16-7-6-15(29-3)10-19(16)30-4/h5-10,13,20,22H,11-12H2,1-4H3,(H,26,27)/t20-,22-/m1/s1. The lowest BCUT2D eigenvalue weighted by molar-refractivity contribution is -0.147. The second-order valence-electron chi connectivity index (χ2n) is 7.76. The number of aliphatic carboxylic acids is 1. The van der Waals surface area contributed by atoms with Gasteiger partial charge in [-0.15, -0.1) is 0 Å². The third-order valence-corrected chi connectivity index (χ3v) is 5.27. The maximum atomic E-state index is 13.3. The van der Waals surface area contributed by atoms with Crippen molar-refractivity contribution in [2.45, 2.75) is 32.5 Å². The molecule has 0 spiro atoms. The molecule has 0 radical (unpaired) electrons. The summed E-state index contributed by atoms with van der Waals surface area (Å²) in [6.07, 6.45) is -2.39. The third-order valence-electron chi connectivity index (χ3n) is 5.04. The highest BCUT2D eigenvalue weighted by Crippen LogP contribution is 2.43. The maximum Gasteiger partial charge on any atom is 0.306 e. The first-order chi connectivity index (χ1) is 14.7. The summed E-state index contributed by atoms with van der Waals surface area (Å²) in [7, 11) is 3.08. The van der Waals surface area contributed by atoms with Crippen LogP contribution in [0.1, 0.15) is 37.5 Å². The number of amides is 1. The van der Waals surface area contributed by atoms with Crippen LogP contribution < -0.4 is 14.4 Å². The van der Waals surface area contributed by atoms with Gasteiger partial charge in [0, 0.05) is 34.4 Å². The Morgan fingerprint density at radius 2 is 1.90 bits per heavy atom. The first kappa shape index (κ1) is 22.9. The number of methoxy groups -OCH3 is 2. The highest BCUT2D eigenvalue weighted by atomic mass is 35.5. The van der Waals surface area contributed by atoms with Gasteiger partial charge in [-0.3, -0.25) is 9.59 Å². The molecule has 0 aliphatic carbocycles. The minimum Gasteiger partial charge on any atom is -0.497 e. The topological polar surface area (TPSA) is 85.3 Å². The number of rotatable bonds is 7. The summed E-state index contributed by atoms with van der Waals surface area (Å²) in [6.45, 7) is 4.40. The van der Waals surface area contributed by atoms with Crippen LogP contribution >= 0.6 is 11.6 Å². The van der Waals surface area contributed by atoms with Gasteiger partial charge < -0.3 is 24.2 Å². The van der Waals surface area contributed by atoms with Gasteiger partial charge in [0.05, 0.1) is 20.6 Å². The zero-order chi connectivity index (χ0) is 22.7. The van der Waals surface area contributed by atoms with Crippen molar-refractivity contribution in [1.82, 2.24) is 0 Å². The number of carboxylic acids is 1. The minimum absolute atomic E-state index is 0.157. The number of hydrogen-bond acceptors (Lipinski definition) is 5. The Kier molecular flexibility index (Phi) is 7.08. The van der Waals surface area contributed by atoms with Gasteiger partial charge in [-0.25, -0.2) is 0 Å². The number of carbonyl (C=O) groups excluding carboxylic acids is 1. The Morgan fingerprint density at radius 3 is 2.52 bits per heavy atom. The molecule has 0 bridgehead atoms. The Morgan fingerprint density at radius 1 is 1.16 bits per heavy atom. The number of benzene rings is 2. The van der Waals surface area contributed by atoms with E-state index < -0.39 is 30.5 Å². The van der Waals surface area contributed by atoms with Gasteiger partial charge in [-0.2, -0.15) is 0 Å². The van der Waals surface area contributed by atoms with Crippen LogP contribution in [0.25, 0.3) is 0 Å². The molecule has 31 heavy (non-hydrogen) atoms. The number of anilines is 1. The molecule has 0 saturated carbocycles. The van der Waals surface area contributed by atoms with Gasteiger partial charge in [-0.05, 0) is 36.2 Å². The molecule has 166 valence electrons. The second-order valence-corrected chi connectivity index (χ2v) is 8.19. The number of fused-ring (bicyclic) bond motifs is 1. The normalized spacial score (nSPS) is 18.5. The average Bonchev–Trinajstić information content (AvgIpc) is 2.83. The molecule has 2 atom stereocenters. The molecule has 1 N–H and O–H groups in total. The van der Waals surface area contributed by atoms with Gasteiger partial charge in [0.2, 0.25) is 0 Å². The highest BCUT2D eigenvalue weighted by molar-refractivity contribution is 6.30. The molecular formula is C23H26ClNO6. The molecule has 2 aromatic carbocycles. The highest BCUT2D eigenvalue weighted by Gasteiger charge is 2.38. The monoisotopic (exact) mass is 447 g/mol. The van der Waals surface area contributed by atoms with E-state index in [-0.39, 0.29) is 5.92 Å². The fourth-order valence-electron chi connectivity index (χ4n) is 3.69. The van der Waals surface area contributed by atoms with E-state index in [0.29, 0.717) is 39.9 Å². The average molecular weight is 448 g/mol. The molecule has 1 aliphatic rings. The lowest BCUT2D eigenvalue weighted by atomic mass is 9.98. The third kappa shape index (κ3) is 4.94. The number of ether oxygens (including phenoxy) is 3. The van der Waals surface area contributed by atoms with Crippen molar-refractivity contribution in [3.63, 3.8) is 0 Å². The van der Waals surface area contributed by atoms with Gasteiger partial charge in [0.15, 0.2) is 0 Å². The molecule has 0 fully saturated rings. The predicted molar refractivity (Wildman–Crippen MR) is 117 cm³/mol. The molecule has 0 unspecified atom stereocenters. The van der Waals surface area contributed by atoms with E-state index in [9.17, 15) is 14.7 Å². The molecule has 8 heteroatoms. The summed E-state index contributed by atoms with van der Waals surface area (Å²) in [5.74, 6) is -0.263. The van der Waals surface area contributed by atoms with Crippen LogP contribution in [0.15, 0.2) is 36.4 Å². The lowest BCUT2D eigenvalue weighted by Gasteiger charge is -2.26. The summed E-state index contributed by atoms with van der Waals surface area (Å²) in [5, 5.41) is 9.90. The van der Waals surface area contributed by atoms with Crippen molar-refractivity contribution < 1.29 is 28.9 Å². The van der Waals surface area contributed by atoms with E-state index in [2.05, 4.69) is 0 Å². The van der Waals surface area contributed by atoms with Crippen LogP contribution in [-0.2, 0) is 14.3 Å². The summed E-state index contributed by atoms with van der Waals surface area (Å²) in [5.41, 5.74) is 1.94. The van der Waals surface area contributed by atoms with Crippen molar-refractivity contribution >= 4 is 29.2 Å². The minimum atomic E-state index is -1.17. The molecule has 3 rings (SSSR count). The van der Waals surface area contributed by atoms with Crippen molar-refractivity contribution in [3.05, 3.63) is 52.5 Å². The first-order valence-corrected chi connectivity index (χ1v) is 10.3. The molecule has 1 heterocycles. The van der Waals surface area contributed by atoms with Crippen molar-refractivity contribution in [2.24, 2.45) is 5.92 Å². The molecule has 1 aliphatic heterocycles. The number of halogens is 1. The summed E-state index contributed by atoms with van der Waals surface area (Å²) >= 11 is 6.31. The number of hydrogen-bond donors (Lipinski definition) is 1. The Balaban J connectivity index is 2.22. The number of nitrogens with zero attached hydrogens (tertiary/aromatic N) is 1. The Labute approximate surface area is 186 Å². The van der Waals surface area contributed by atoms with E-state index in [1.165, 1.54) is 7.11 Å². The molecule has 7 nitrogen and oxygen atoms in total. The quantitative estimate of drug-likeness (QED) is 0.680. The van der Waals surface area contributed by atoms with Crippen molar-refractivity contribution in [1.29, 1.82) is 0 Å². The van der Waals surface area contributed by atoms with Crippen LogP contribution in [0.4, 0.5) is 5.69 Å². The lowest BCUT2D eigenvalue weighted by Crippen LogP contribution is -2.42. The zero-order valence-corrected chi connectivity index (χ0v) is 18.7. The maximum absolute atomic E-state index is 13.3. The molecule has 0 aromatic heterocycles. The van der Waals surface area contributed by atoms with Gasteiger partial charge in [0.25, 0.3) is 5.91 Å². The number of carbonyl (C=O) groups is 2. The Hall–Kier alpha value is -2.77. The molecule has 1 amide bonds. The SMILES string of the molecule is COc1ccc([C@H]2O[C@H](CC(=O)O)C(=O)N(CC(C)C)c3ccc(Cl)cc32)c(OC)c1. The van der Waals surface area contributed by atoms with Crippen LogP contribution in [0.5, 0.6) is 11.5 Å². The Bertz CT molecular complexity index is 977. The van der Waals surface area contributed by atoms with E-state index in [0.717, 1.165) is 0 Å². The smallest absolute Gasteiger partial charge is 0.306 e. The second kappa shape index (κ2) is 9.58. The van der Waals surface area contributed by atoms with Gasteiger partial charge in [-0.1, -0.05) is 25.4 Å². The summed E-state index contributed by atoms with van der Waals surface area (Å²) < 4.78 is 17.0. The first-order valence-electron chi connectivity index (χ1n) is 9.95.